The summed E-state index contributed by atoms with van der Waals surface area (Å²) in [4.78, 5) is 2.82. The molecule has 1 saturated carbocycles. The van der Waals surface area contributed by atoms with Crippen LogP contribution in [0.25, 0.3) is 0 Å². The predicted molar refractivity (Wildman–Crippen MR) is 83.5 cm³/mol. The van der Waals surface area contributed by atoms with E-state index >= 15 is 0 Å². The molecule has 0 aromatic heterocycles. The van der Waals surface area contributed by atoms with Crippen LogP contribution in [-0.4, -0.2) is 36.6 Å². The number of nitrogens with one attached hydrogen (secondary N) is 1. The topological polar surface area (TPSA) is 15.3 Å². The highest BCUT2D eigenvalue weighted by Crippen LogP contribution is 2.29. The van der Waals surface area contributed by atoms with Crippen LogP contribution in [0.2, 0.25) is 0 Å². The predicted octanol–water partition coefficient (Wildman–Crippen LogP) is 3.67. The van der Waals surface area contributed by atoms with Gasteiger partial charge in [-0.2, -0.15) is 0 Å². The van der Waals surface area contributed by atoms with E-state index in [-0.39, 0.29) is 0 Å². The van der Waals surface area contributed by atoms with Crippen LogP contribution < -0.4 is 5.32 Å². The van der Waals surface area contributed by atoms with Crippen LogP contribution in [0.1, 0.15) is 65.7 Å². The van der Waals surface area contributed by atoms with Crippen LogP contribution in [0.15, 0.2) is 0 Å². The second-order valence-corrected chi connectivity index (χ2v) is 7.00. The van der Waals surface area contributed by atoms with Gasteiger partial charge in [0, 0.05) is 18.6 Å². The summed E-state index contributed by atoms with van der Waals surface area (Å²) in [6.45, 7) is 11.0. The standard InChI is InChI=1S/C17H34N2/c1-4-11-18-16-8-6-5-7-9-17(16)19-12-10-14(2)15(3)13-19/h14-18H,4-13H2,1-3H3. The van der Waals surface area contributed by atoms with Gasteiger partial charge in [0.1, 0.15) is 0 Å². The maximum Gasteiger partial charge on any atom is 0.0249 e. The SMILES string of the molecule is CCCNC1CCCCCC1N1CCC(C)C(C)C1. The molecule has 0 aromatic rings. The van der Waals surface area contributed by atoms with Gasteiger partial charge in [0.05, 0.1) is 0 Å². The molecule has 2 nitrogen and oxygen atoms in total. The Balaban J connectivity index is 1.96. The van der Waals surface area contributed by atoms with Crippen molar-refractivity contribution in [3.8, 4) is 0 Å². The van der Waals surface area contributed by atoms with E-state index in [2.05, 4.69) is 31.0 Å². The Kier molecular flexibility index (Phi) is 6.15. The van der Waals surface area contributed by atoms with Crippen molar-refractivity contribution in [2.75, 3.05) is 19.6 Å². The third-order valence-corrected chi connectivity index (χ3v) is 5.47. The highest BCUT2D eigenvalue weighted by molar-refractivity contribution is 4.90. The second-order valence-electron chi connectivity index (χ2n) is 7.00. The van der Waals surface area contributed by atoms with Crippen molar-refractivity contribution in [2.45, 2.75) is 77.8 Å². The Hall–Kier alpha value is -0.0800. The lowest BCUT2D eigenvalue weighted by molar-refractivity contribution is 0.0720. The van der Waals surface area contributed by atoms with Gasteiger partial charge < -0.3 is 5.32 Å². The largest absolute Gasteiger partial charge is 0.312 e. The molecule has 1 N–H and O–H groups in total. The number of piperidine rings is 1. The van der Waals surface area contributed by atoms with E-state index in [1.54, 1.807) is 0 Å². The van der Waals surface area contributed by atoms with Crippen molar-refractivity contribution >= 4 is 0 Å². The maximum absolute atomic E-state index is 3.84. The monoisotopic (exact) mass is 266 g/mol. The molecule has 0 aromatic carbocycles. The fourth-order valence-electron chi connectivity index (χ4n) is 3.89. The molecule has 1 heterocycles. The van der Waals surface area contributed by atoms with Gasteiger partial charge in [0.15, 0.2) is 0 Å². The highest BCUT2D eigenvalue weighted by atomic mass is 15.2. The zero-order valence-corrected chi connectivity index (χ0v) is 13.3. The molecule has 1 aliphatic carbocycles. The van der Waals surface area contributed by atoms with Crippen molar-refractivity contribution in [3.05, 3.63) is 0 Å². The zero-order chi connectivity index (χ0) is 13.7. The summed E-state index contributed by atoms with van der Waals surface area (Å²) in [6, 6.07) is 1.56. The third-order valence-electron chi connectivity index (χ3n) is 5.47. The normalized spacial score (nSPS) is 38.1. The molecule has 2 aliphatic rings. The molecule has 0 radical (unpaired) electrons. The van der Waals surface area contributed by atoms with Gasteiger partial charge in [-0.25, -0.2) is 0 Å². The first-order chi connectivity index (χ1) is 9.22. The minimum Gasteiger partial charge on any atom is -0.312 e. The molecule has 1 saturated heterocycles. The molecule has 1 aliphatic heterocycles. The first-order valence-corrected chi connectivity index (χ1v) is 8.69. The highest BCUT2D eigenvalue weighted by Gasteiger charge is 2.32. The Labute approximate surface area is 120 Å². The van der Waals surface area contributed by atoms with Crippen LogP contribution in [-0.2, 0) is 0 Å². The fourth-order valence-corrected chi connectivity index (χ4v) is 3.89. The molecule has 0 bridgehead atoms. The number of likely N-dealkylation sites (tertiary alicyclic amines) is 1. The van der Waals surface area contributed by atoms with E-state index in [1.807, 2.05) is 0 Å². The lowest BCUT2D eigenvalue weighted by Crippen LogP contribution is -2.53. The van der Waals surface area contributed by atoms with Crippen molar-refractivity contribution in [2.24, 2.45) is 11.8 Å². The summed E-state index contributed by atoms with van der Waals surface area (Å²) in [7, 11) is 0. The van der Waals surface area contributed by atoms with Gasteiger partial charge in [-0.05, 0) is 50.6 Å². The molecule has 0 spiro atoms. The molecule has 0 amide bonds. The van der Waals surface area contributed by atoms with E-state index in [4.69, 9.17) is 0 Å². The Morgan fingerprint density at radius 3 is 2.53 bits per heavy atom. The van der Waals surface area contributed by atoms with E-state index in [0.29, 0.717) is 0 Å². The summed E-state index contributed by atoms with van der Waals surface area (Å²) < 4.78 is 0. The second kappa shape index (κ2) is 7.64. The van der Waals surface area contributed by atoms with E-state index in [1.165, 1.54) is 64.6 Å². The molecular formula is C17H34N2. The molecule has 112 valence electrons. The van der Waals surface area contributed by atoms with Crippen molar-refractivity contribution in [1.29, 1.82) is 0 Å². The maximum atomic E-state index is 3.84. The molecule has 2 rings (SSSR count). The van der Waals surface area contributed by atoms with Crippen LogP contribution in [0.4, 0.5) is 0 Å². The first kappa shape index (κ1) is 15.3. The van der Waals surface area contributed by atoms with E-state index in [9.17, 15) is 0 Å². The molecule has 4 unspecified atom stereocenters. The van der Waals surface area contributed by atoms with Gasteiger partial charge >= 0.3 is 0 Å². The van der Waals surface area contributed by atoms with Gasteiger partial charge in [-0.3, -0.25) is 4.90 Å². The Morgan fingerprint density at radius 2 is 1.79 bits per heavy atom. The molecule has 2 heteroatoms. The lowest BCUT2D eigenvalue weighted by atomic mass is 9.86. The summed E-state index contributed by atoms with van der Waals surface area (Å²) >= 11 is 0. The number of rotatable bonds is 4. The van der Waals surface area contributed by atoms with Crippen molar-refractivity contribution < 1.29 is 0 Å². The average Bonchev–Trinajstić information content (AvgIpc) is 2.65. The van der Waals surface area contributed by atoms with Crippen molar-refractivity contribution in [3.63, 3.8) is 0 Å². The molecule has 2 fully saturated rings. The van der Waals surface area contributed by atoms with Gasteiger partial charge in [0.25, 0.3) is 0 Å². The Bertz CT molecular complexity index is 254. The zero-order valence-electron chi connectivity index (χ0n) is 13.3. The number of hydrogen-bond donors (Lipinski definition) is 1. The van der Waals surface area contributed by atoms with Crippen LogP contribution in [0.5, 0.6) is 0 Å². The third kappa shape index (κ3) is 4.19. The summed E-state index contributed by atoms with van der Waals surface area (Å²) in [5, 5.41) is 3.84. The van der Waals surface area contributed by atoms with Gasteiger partial charge in [-0.1, -0.05) is 40.0 Å². The summed E-state index contributed by atoms with van der Waals surface area (Å²) in [6.07, 6.45) is 9.79. The summed E-state index contributed by atoms with van der Waals surface area (Å²) in [5.41, 5.74) is 0. The van der Waals surface area contributed by atoms with Gasteiger partial charge in [0.2, 0.25) is 0 Å². The van der Waals surface area contributed by atoms with Crippen LogP contribution >= 0.6 is 0 Å². The Morgan fingerprint density at radius 1 is 1.00 bits per heavy atom. The molecule has 4 atom stereocenters. The van der Waals surface area contributed by atoms with Crippen LogP contribution in [0.3, 0.4) is 0 Å². The quantitative estimate of drug-likeness (QED) is 0.781. The lowest BCUT2D eigenvalue weighted by Gasteiger charge is -2.43. The molecule has 19 heavy (non-hydrogen) atoms. The first-order valence-electron chi connectivity index (χ1n) is 8.69. The average molecular weight is 266 g/mol. The van der Waals surface area contributed by atoms with Crippen LogP contribution in [0, 0.1) is 11.8 Å². The van der Waals surface area contributed by atoms with Crippen molar-refractivity contribution in [1.82, 2.24) is 10.2 Å². The minimum absolute atomic E-state index is 0.753. The minimum atomic E-state index is 0.753. The molecular weight excluding hydrogens is 232 g/mol. The number of hydrogen-bond acceptors (Lipinski definition) is 2. The van der Waals surface area contributed by atoms with E-state index in [0.717, 1.165) is 23.9 Å². The van der Waals surface area contributed by atoms with Gasteiger partial charge in [-0.15, -0.1) is 0 Å². The smallest absolute Gasteiger partial charge is 0.0249 e. The summed E-state index contributed by atoms with van der Waals surface area (Å²) in [5.74, 6) is 1.80. The fraction of sp³-hybridized carbons (Fsp3) is 1.00. The number of nitrogens with zero attached hydrogens (tertiary/aromatic N) is 1. The van der Waals surface area contributed by atoms with E-state index < -0.39 is 0 Å².